The normalized spacial score (nSPS) is 15.6. The van der Waals surface area contributed by atoms with Crippen molar-refractivity contribution in [2.24, 2.45) is 0 Å². The molecular weight excluding hydrogens is 453 g/mol. The number of anilines is 1. The van der Waals surface area contributed by atoms with E-state index in [0.717, 1.165) is 36.7 Å². The highest BCUT2D eigenvalue weighted by atomic mass is 19.4. The van der Waals surface area contributed by atoms with Crippen molar-refractivity contribution in [3.05, 3.63) is 64.6 Å². The number of imidazole rings is 1. The van der Waals surface area contributed by atoms with Gasteiger partial charge in [0.25, 0.3) is 0 Å². The molecule has 3 aromatic rings. The molecule has 0 bridgehead atoms. The minimum atomic E-state index is -4.33. The number of piperazine rings is 1. The summed E-state index contributed by atoms with van der Waals surface area (Å²) in [5.41, 5.74) is 1.56. The molecule has 2 heterocycles. The van der Waals surface area contributed by atoms with Crippen LogP contribution in [0, 0.1) is 0 Å². The molecule has 1 aliphatic heterocycles. The number of nitrogens with zero attached hydrogens (tertiary/aromatic N) is 3. The number of rotatable bonds is 5. The second-order valence-corrected chi connectivity index (χ2v) is 7.99. The first-order valence-corrected chi connectivity index (χ1v) is 10.8. The number of aromatic amines is 1. The van der Waals surface area contributed by atoms with Crippen molar-refractivity contribution in [3.8, 4) is 0 Å². The van der Waals surface area contributed by atoms with Gasteiger partial charge in [0.05, 0.1) is 16.6 Å². The summed E-state index contributed by atoms with van der Waals surface area (Å²) in [4.78, 5) is 28.7. The molecule has 1 unspecified atom stereocenters. The summed E-state index contributed by atoms with van der Waals surface area (Å²) in [6, 6.07) is 13.1. The number of aliphatic hydroxyl groups is 1. The van der Waals surface area contributed by atoms with E-state index in [1.165, 1.54) is 19.1 Å². The van der Waals surface area contributed by atoms with Gasteiger partial charge in [-0.15, -0.1) is 0 Å². The van der Waals surface area contributed by atoms with Crippen LogP contribution >= 0.6 is 0 Å². The molecular formula is C23H27F3N4O4. The van der Waals surface area contributed by atoms with Crippen LogP contribution in [0.3, 0.4) is 0 Å². The van der Waals surface area contributed by atoms with E-state index in [-0.39, 0.29) is 5.69 Å². The first-order valence-electron chi connectivity index (χ1n) is 10.8. The van der Waals surface area contributed by atoms with Crippen LogP contribution in [-0.4, -0.2) is 69.5 Å². The van der Waals surface area contributed by atoms with E-state index in [9.17, 15) is 22.8 Å². The molecule has 34 heavy (non-hydrogen) atoms. The third kappa shape index (κ3) is 6.39. The topological polar surface area (TPSA) is 102 Å². The monoisotopic (exact) mass is 480 g/mol. The van der Waals surface area contributed by atoms with Gasteiger partial charge in [0.15, 0.2) is 0 Å². The van der Waals surface area contributed by atoms with Crippen LogP contribution in [-0.2, 0) is 17.5 Å². The number of carbonyl (C=O) groups is 1. The van der Waals surface area contributed by atoms with E-state index >= 15 is 0 Å². The lowest BCUT2D eigenvalue weighted by atomic mass is 10.1. The van der Waals surface area contributed by atoms with Gasteiger partial charge in [-0.3, -0.25) is 9.47 Å². The van der Waals surface area contributed by atoms with Gasteiger partial charge in [-0.25, -0.2) is 9.59 Å². The zero-order chi connectivity index (χ0) is 24.9. The summed E-state index contributed by atoms with van der Waals surface area (Å²) in [5.74, 6) is -1.19. The summed E-state index contributed by atoms with van der Waals surface area (Å²) in [7, 11) is 0. The number of carboxylic acids is 1. The summed E-state index contributed by atoms with van der Waals surface area (Å²) in [5, 5.41) is 15.8. The van der Waals surface area contributed by atoms with Gasteiger partial charge >= 0.3 is 17.8 Å². The molecule has 0 spiro atoms. The summed E-state index contributed by atoms with van der Waals surface area (Å²) in [6.45, 7) is 5.29. The number of benzene rings is 2. The summed E-state index contributed by atoms with van der Waals surface area (Å²) in [6.07, 6.45) is -5.56. The second kappa shape index (κ2) is 10.7. The van der Waals surface area contributed by atoms with Crippen molar-refractivity contribution >= 4 is 22.7 Å². The largest absolute Gasteiger partial charge is 0.479 e. The molecule has 0 saturated carbocycles. The van der Waals surface area contributed by atoms with Crippen molar-refractivity contribution in [2.75, 3.05) is 37.6 Å². The third-order valence-electron chi connectivity index (χ3n) is 5.59. The molecule has 8 nitrogen and oxygen atoms in total. The number of carboxylic acid groups (broad SMARTS) is 1. The number of fused-ring (bicyclic) bond motifs is 1. The third-order valence-corrected chi connectivity index (χ3v) is 5.59. The average Bonchev–Trinajstić information content (AvgIpc) is 3.13. The highest BCUT2D eigenvalue weighted by molar-refractivity contribution is 5.74. The lowest BCUT2D eigenvalue weighted by molar-refractivity contribution is -0.145. The maximum Gasteiger partial charge on any atom is 0.416 e. The predicted octanol–water partition coefficient (Wildman–Crippen LogP) is 2.62. The van der Waals surface area contributed by atoms with E-state index < -0.39 is 23.8 Å². The Kier molecular flexibility index (Phi) is 8.00. The van der Waals surface area contributed by atoms with Crippen LogP contribution in [0.25, 0.3) is 11.0 Å². The summed E-state index contributed by atoms with van der Waals surface area (Å²) < 4.78 is 40.5. The van der Waals surface area contributed by atoms with Gasteiger partial charge < -0.3 is 20.1 Å². The number of halogens is 3. The lowest BCUT2D eigenvalue weighted by Crippen LogP contribution is -2.47. The Bertz CT molecular complexity index is 1160. The van der Waals surface area contributed by atoms with E-state index in [1.807, 2.05) is 29.2 Å². The number of H-pyrrole nitrogens is 1. The Labute approximate surface area is 193 Å². The highest BCUT2D eigenvalue weighted by Gasteiger charge is 2.31. The van der Waals surface area contributed by atoms with E-state index in [2.05, 4.69) is 9.88 Å². The molecule has 1 fully saturated rings. The number of aliphatic hydroxyl groups excluding tert-OH is 1. The molecule has 3 N–H and O–H groups in total. The Morgan fingerprint density at radius 2 is 1.71 bits per heavy atom. The maximum absolute atomic E-state index is 12.9. The molecule has 0 aliphatic carbocycles. The number of aromatic nitrogens is 2. The van der Waals surface area contributed by atoms with E-state index in [0.29, 0.717) is 25.3 Å². The van der Waals surface area contributed by atoms with E-state index in [1.54, 1.807) is 10.6 Å². The molecule has 184 valence electrons. The number of nitrogens with one attached hydrogen (secondary N) is 1. The van der Waals surface area contributed by atoms with Crippen LogP contribution in [0.15, 0.2) is 53.3 Å². The van der Waals surface area contributed by atoms with Crippen LogP contribution in [0.4, 0.5) is 18.9 Å². The van der Waals surface area contributed by atoms with Crippen LogP contribution in [0.5, 0.6) is 0 Å². The van der Waals surface area contributed by atoms with Gasteiger partial charge in [0, 0.05) is 45.0 Å². The van der Waals surface area contributed by atoms with Crippen molar-refractivity contribution in [1.82, 2.24) is 14.5 Å². The quantitative estimate of drug-likeness (QED) is 0.519. The lowest BCUT2D eigenvalue weighted by Gasteiger charge is -2.36. The fourth-order valence-electron chi connectivity index (χ4n) is 3.68. The molecule has 0 amide bonds. The van der Waals surface area contributed by atoms with Crippen molar-refractivity contribution < 1.29 is 28.2 Å². The molecule has 2 aromatic carbocycles. The van der Waals surface area contributed by atoms with Crippen LogP contribution in [0.1, 0.15) is 12.5 Å². The smallest absolute Gasteiger partial charge is 0.416 e. The fourth-order valence-corrected chi connectivity index (χ4v) is 3.68. The highest BCUT2D eigenvalue weighted by Crippen LogP contribution is 2.31. The SMILES string of the molecule is CC(O)C(=O)O.O=c1[nH]c2ccccc2n1CCN1CCN(c2cccc(C(F)(F)F)c2)CC1. The summed E-state index contributed by atoms with van der Waals surface area (Å²) >= 11 is 0. The number of hydrogen-bond donors (Lipinski definition) is 3. The molecule has 1 aromatic heterocycles. The van der Waals surface area contributed by atoms with Gasteiger partial charge in [0.1, 0.15) is 6.10 Å². The van der Waals surface area contributed by atoms with Crippen molar-refractivity contribution in [2.45, 2.75) is 25.7 Å². The maximum atomic E-state index is 12.9. The van der Waals surface area contributed by atoms with Crippen LogP contribution < -0.4 is 10.6 Å². The van der Waals surface area contributed by atoms with Gasteiger partial charge in [0.2, 0.25) is 0 Å². The average molecular weight is 480 g/mol. The number of hydrogen-bond acceptors (Lipinski definition) is 5. The van der Waals surface area contributed by atoms with E-state index in [4.69, 9.17) is 10.2 Å². The van der Waals surface area contributed by atoms with Gasteiger partial charge in [-0.05, 0) is 37.3 Å². The standard InChI is InChI=1S/C20H21F3N4O.C3H6O3/c21-20(22,23)15-4-3-5-16(14-15)26-11-8-25(9-12-26)10-13-27-18-7-2-1-6-17(18)24-19(27)28;1-2(4)3(5)6/h1-7,14H,8-13H2,(H,24,28);2,4H,1H3,(H,5,6). The van der Waals surface area contributed by atoms with Crippen LogP contribution in [0.2, 0.25) is 0 Å². The Morgan fingerprint density at radius 3 is 2.32 bits per heavy atom. The van der Waals surface area contributed by atoms with Crippen molar-refractivity contribution in [1.29, 1.82) is 0 Å². The predicted molar refractivity (Wildman–Crippen MR) is 122 cm³/mol. The number of aliphatic carboxylic acids is 1. The Balaban J connectivity index is 0.000000481. The number of para-hydroxylation sites is 2. The molecule has 1 aliphatic rings. The molecule has 1 saturated heterocycles. The first-order chi connectivity index (χ1) is 16.1. The molecule has 11 heteroatoms. The minimum absolute atomic E-state index is 0.121. The number of alkyl halides is 3. The second-order valence-electron chi connectivity index (χ2n) is 7.99. The Hall–Kier alpha value is -3.31. The molecule has 0 radical (unpaired) electrons. The van der Waals surface area contributed by atoms with Crippen molar-refractivity contribution in [3.63, 3.8) is 0 Å². The zero-order valence-electron chi connectivity index (χ0n) is 18.6. The first kappa shape index (κ1) is 25.3. The fraction of sp³-hybridized carbons (Fsp3) is 0.391. The molecule has 1 atom stereocenters. The van der Waals surface area contributed by atoms with Gasteiger partial charge in [-0.1, -0.05) is 18.2 Å². The minimum Gasteiger partial charge on any atom is -0.479 e. The van der Waals surface area contributed by atoms with Gasteiger partial charge in [-0.2, -0.15) is 13.2 Å². The molecule has 4 rings (SSSR count). The Morgan fingerprint density at radius 1 is 1.06 bits per heavy atom. The zero-order valence-corrected chi connectivity index (χ0v) is 18.6.